The van der Waals surface area contributed by atoms with E-state index in [-0.39, 0.29) is 29.8 Å². The van der Waals surface area contributed by atoms with Crippen LogP contribution in [0.5, 0.6) is 0 Å². The van der Waals surface area contributed by atoms with Crippen LogP contribution in [0.2, 0.25) is 0 Å². The van der Waals surface area contributed by atoms with E-state index < -0.39 is 17.9 Å². The Balaban J connectivity index is 1.47. The summed E-state index contributed by atoms with van der Waals surface area (Å²) in [5, 5.41) is 13.4. The lowest BCUT2D eigenvalue weighted by atomic mass is 9.83. The minimum absolute atomic E-state index is 0.168. The summed E-state index contributed by atoms with van der Waals surface area (Å²) in [7, 11) is 0. The van der Waals surface area contributed by atoms with Crippen LogP contribution in [0.1, 0.15) is 53.1 Å². The quantitative estimate of drug-likeness (QED) is 0.543. The zero-order valence-corrected chi connectivity index (χ0v) is 20.0. The van der Waals surface area contributed by atoms with Gasteiger partial charge in [0, 0.05) is 17.6 Å². The van der Waals surface area contributed by atoms with Crippen LogP contribution in [0, 0.1) is 5.92 Å². The van der Waals surface area contributed by atoms with Crippen molar-refractivity contribution in [1.29, 1.82) is 0 Å². The third-order valence-corrected chi connectivity index (χ3v) is 7.55. The Bertz CT molecular complexity index is 1180. The molecule has 2 amide bonds. The van der Waals surface area contributed by atoms with E-state index in [9.17, 15) is 19.5 Å². The van der Waals surface area contributed by atoms with Crippen molar-refractivity contribution < 1.29 is 19.5 Å². The molecule has 4 atom stereocenters. The number of nitrogens with one attached hydrogen (secondary N) is 1. The van der Waals surface area contributed by atoms with Gasteiger partial charge in [-0.15, -0.1) is 0 Å². The number of carbonyl (C=O) groups is 3. The number of fused-ring (bicyclic) bond motifs is 4. The summed E-state index contributed by atoms with van der Waals surface area (Å²) >= 11 is 0. The van der Waals surface area contributed by atoms with Crippen LogP contribution in [0.4, 0.5) is 0 Å². The summed E-state index contributed by atoms with van der Waals surface area (Å²) in [5.41, 5.74) is 2.25. The Labute approximate surface area is 211 Å². The molecule has 6 rings (SSSR count). The molecule has 1 aliphatic carbocycles. The highest BCUT2D eigenvalue weighted by Crippen LogP contribution is 2.41. The van der Waals surface area contributed by atoms with Crippen molar-refractivity contribution >= 4 is 17.8 Å². The van der Waals surface area contributed by atoms with Crippen LogP contribution in [0.3, 0.4) is 0 Å². The molecule has 2 unspecified atom stereocenters. The van der Waals surface area contributed by atoms with E-state index in [1.807, 2.05) is 78.9 Å². The third kappa shape index (κ3) is 4.76. The van der Waals surface area contributed by atoms with Gasteiger partial charge in [-0.25, -0.2) is 4.79 Å². The first-order valence-corrected chi connectivity index (χ1v) is 12.5. The van der Waals surface area contributed by atoms with Crippen molar-refractivity contribution in [1.82, 2.24) is 10.2 Å². The fraction of sp³-hybridized carbons (Fsp3) is 0.300. The highest BCUT2D eigenvalue weighted by atomic mass is 16.4. The number of hydrogen-bond acceptors (Lipinski definition) is 3. The summed E-state index contributed by atoms with van der Waals surface area (Å²) in [5.74, 6) is -2.15. The van der Waals surface area contributed by atoms with E-state index >= 15 is 0 Å². The van der Waals surface area contributed by atoms with Gasteiger partial charge in [-0.2, -0.15) is 0 Å². The highest BCUT2D eigenvalue weighted by Gasteiger charge is 2.49. The summed E-state index contributed by atoms with van der Waals surface area (Å²) in [6, 6.07) is 26.8. The molecule has 2 heterocycles. The molecule has 0 aromatic heterocycles. The van der Waals surface area contributed by atoms with E-state index in [0.717, 1.165) is 24.0 Å². The van der Waals surface area contributed by atoms with Gasteiger partial charge in [0.1, 0.15) is 6.04 Å². The standard InChI is InChI=1S/C30H30N2O4/c33-28(22-14-8-3-9-15-22)31-24-18-23-16-17-25(19-24)32(27(23)30(35)36)29(34)26(20-10-4-1-5-11-20)21-12-6-2-7-13-21/h1-15,23-27H,16-19H2,(H,31,33)(H,35,36)/t23?,24?,25-,27-/m0/s1. The Morgan fingerprint density at radius 1 is 0.778 bits per heavy atom. The number of carboxylic acid groups (broad SMARTS) is 1. The zero-order chi connectivity index (χ0) is 25.1. The number of hydrogen-bond donors (Lipinski definition) is 2. The number of carbonyl (C=O) groups excluding carboxylic acids is 2. The van der Waals surface area contributed by atoms with Gasteiger partial charge < -0.3 is 15.3 Å². The number of amides is 2. The molecular weight excluding hydrogens is 452 g/mol. The molecule has 1 saturated carbocycles. The first kappa shape index (κ1) is 23.8. The summed E-state index contributed by atoms with van der Waals surface area (Å²) in [4.78, 5) is 41.4. The smallest absolute Gasteiger partial charge is 0.326 e. The third-order valence-electron chi connectivity index (χ3n) is 7.55. The molecule has 2 bridgehead atoms. The number of piperidine rings is 1. The Kier molecular flexibility index (Phi) is 6.85. The summed E-state index contributed by atoms with van der Waals surface area (Å²) in [6.45, 7) is 0. The van der Waals surface area contributed by atoms with E-state index in [1.54, 1.807) is 17.0 Å². The number of nitrogens with zero attached hydrogens (tertiary/aromatic N) is 1. The molecule has 6 nitrogen and oxygen atoms in total. The van der Waals surface area contributed by atoms with Gasteiger partial charge in [0.05, 0.1) is 5.92 Å². The van der Waals surface area contributed by atoms with Gasteiger partial charge in [0.15, 0.2) is 0 Å². The molecule has 6 heteroatoms. The summed E-state index contributed by atoms with van der Waals surface area (Å²) < 4.78 is 0. The molecule has 3 fully saturated rings. The number of carboxylic acids is 1. The second kappa shape index (κ2) is 10.4. The normalized spacial score (nSPS) is 23.2. The first-order valence-electron chi connectivity index (χ1n) is 12.5. The van der Waals surface area contributed by atoms with Crippen LogP contribution in [-0.4, -0.2) is 45.9 Å². The predicted octanol–water partition coefficient (Wildman–Crippen LogP) is 4.47. The molecule has 3 aromatic carbocycles. The van der Waals surface area contributed by atoms with Gasteiger partial charge in [-0.3, -0.25) is 9.59 Å². The van der Waals surface area contributed by atoms with Crippen LogP contribution >= 0.6 is 0 Å². The average Bonchev–Trinajstić information content (AvgIpc) is 3.20. The number of rotatable bonds is 6. The lowest BCUT2D eigenvalue weighted by Crippen LogP contribution is -2.57. The Morgan fingerprint density at radius 2 is 1.33 bits per heavy atom. The van der Waals surface area contributed by atoms with Gasteiger partial charge in [0.2, 0.25) is 5.91 Å². The van der Waals surface area contributed by atoms with Gasteiger partial charge in [-0.05, 0) is 54.9 Å². The second-order valence-electron chi connectivity index (χ2n) is 9.78. The maximum atomic E-state index is 14.3. The predicted molar refractivity (Wildman–Crippen MR) is 136 cm³/mol. The van der Waals surface area contributed by atoms with Crippen LogP contribution in [0.15, 0.2) is 91.0 Å². The van der Waals surface area contributed by atoms with E-state index in [4.69, 9.17) is 0 Å². The van der Waals surface area contributed by atoms with Crippen molar-refractivity contribution in [3.63, 3.8) is 0 Å². The van der Waals surface area contributed by atoms with Gasteiger partial charge in [-0.1, -0.05) is 78.9 Å². The summed E-state index contributed by atoms with van der Waals surface area (Å²) in [6.07, 6.45) is 2.54. The number of benzene rings is 3. The molecule has 0 radical (unpaired) electrons. The molecule has 184 valence electrons. The molecule has 3 aliphatic rings. The van der Waals surface area contributed by atoms with Crippen LogP contribution in [0.25, 0.3) is 0 Å². The second-order valence-corrected chi connectivity index (χ2v) is 9.78. The maximum absolute atomic E-state index is 14.3. The maximum Gasteiger partial charge on any atom is 0.326 e. The Morgan fingerprint density at radius 3 is 1.89 bits per heavy atom. The van der Waals surface area contributed by atoms with Crippen molar-refractivity contribution in [3.05, 3.63) is 108 Å². The monoisotopic (exact) mass is 482 g/mol. The van der Waals surface area contributed by atoms with Crippen molar-refractivity contribution in [2.75, 3.05) is 0 Å². The first-order chi connectivity index (χ1) is 17.5. The molecule has 2 saturated heterocycles. The van der Waals surface area contributed by atoms with E-state index in [2.05, 4.69) is 5.32 Å². The minimum Gasteiger partial charge on any atom is -0.480 e. The lowest BCUT2D eigenvalue weighted by Gasteiger charge is -2.43. The zero-order valence-electron chi connectivity index (χ0n) is 20.0. The SMILES string of the molecule is O=C(NC1CC2CC[C@@H](C1)N(C(=O)C(c1ccccc1)c1ccccc1)[C@@H]2C(=O)O)c1ccccc1. The van der Waals surface area contributed by atoms with Gasteiger partial charge >= 0.3 is 5.97 Å². The van der Waals surface area contributed by atoms with E-state index in [0.29, 0.717) is 18.4 Å². The minimum atomic E-state index is -0.979. The highest BCUT2D eigenvalue weighted by molar-refractivity contribution is 5.94. The molecule has 2 N–H and O–H groups in total. The van der Waals surface area contributed by atoms with Crippen LogP contribution < -0.4 is 5.32 Å². The fourth-order valence-electron chi connectivity index (χ4n) is 5.96. The largest absolute Gasteiger partial charge is 0.480 e. The molecule has 36 heavy (non-hydrogen) atoms. The molecule has 2 aliphatic heterocycles. The molecule has 3 aromatic rings. The average molecular weight is 483 g/mol. The number of aliphatic carboxylic acids is 1. The van der Waals surface area contributed by atoms with Gasteiger partial charge in [0.25, 0.3) is 5.91 Å². The van der Waals surface area contributed by atoms with Crippen molar-refractivity contribution in [2.45, 2.75) is 49.7 Å². The van der Waals surface area contributed by atoms with Crippen molar-refractivity contribution in [3.8, 4) is 0 Å². The topological polar surface area (TPSA) is 86.7 Å². The van der Waals surface area contributed by atoms with Crippen molar-refractivity contribution in [2.24, 2.45) is 5.92 Å². The molecular formula is C30H30N2O4. The van der Waals surface area contributed by atoms with Crippen LogP contribution in [-0.2, 0) is 9.59 Å². The van der Waals surface area contributed by atoms with E-state index in [1.165, 1.54) is 0 Å². The lowest BCUT2D eigenvalue weighted by molar-refractivity contribution is -0.157. The molecule has 0 spiro atoms. The Hall–Kier alpha value is -3.93. The fourth-order valence-corrected chi connectivity index (χ4v) is 5.96.